The van der Waals surface area contributed by atoms with Gasteiger partial charge in [-0.2, -0.15) is 0 Å². The maximum atomic E-state index is 13.5. The normalized spacial score (nSPS) is 23.8. The first-order chi connectivity index (χ1) is 15.2. The molecule has 2 aliphatic rings. The molecule has 1 saturated carbocycles. The first kappa shape index (κ1) is 22.4. The third kappa shape index (κ3) is 4.38. The summed E-state index contributed by atoms with van der Waals surface area (Å²) in [7, 11) is -3.93. The molecule has 166 valence electrons. The zero-order valence-corrected chi connectivity index (χ0v) is 18.3. The van der Waals surface area contributed by atoms with Gasteiger partial charge in [0.1, 0.15) is 12.2 Å². The van der Waals surface area contributed by atoms with E-state index >= 15 is 0 Å². The van der Waals surface area contributed by atoms with Crippen LogP contribution in [0.15, 0.2) is 66.5 Å². The fraction of sp³-hybridized carbons (Fsp3) is 0.280. The Balaban J connectivity index is 1.67. The van der Waals surface area contributed by atoms with Crippen LogP contribution in [0, 0.1) is 11.7 Å². The Kier molecular flexibility index (Phi) is 6.02. The number of allylic oxidation sites excluding steroid dienone is 2. The smallest absolute Gasteiger partial charge is 0.310 e. The lowest BCUT2D eigenvalue weighted by Crippen LogP contribution is -2.25. The first-order valence-corrected chi connectivity index (χ1v) is 12.4. The molecule has 2 aromatic rings. The van der Waals surface area contributed by atoms with E-state index in [-0.39, 0.29) is 17.2 Å². The van der Waals surface area contributed by atoms with Gasteiger partial charge < -0.3 is 10.00 Å². The lowest BCUT2D eigenvalue weighted by Gasteiger charge is -2.29. The summed E-state index contributed by atoms with van der Waals surface area (Å²) < 4.78 is 26.0. The standard InChI is InChI=1S/C25H24FO5P/c26-19-9-7-17(8-10-19)22-15-25(23-6-2-1-5-21(22)23)12-3-4-18(25)11-13-32(30,31)16-20(27)14-24(28)29/h1-2,5-11,13,15,18H,3-4,12,14,16H2,(H,28,29)(H,30,31). The van der Waals surface area contributed by atoms with Crippen molar-refractivity contribution in [1.29, 1.82) is 0 Å². The second kappa shape index (κ2) is 8.61. The van der Waals surface area contributed by atoms with Crippen LogP contribution in [0.25, 0.3) is 5.57 Å². The number of fused-ring (bicyclic) bond motifs is 2. The SMILES string of the molecule is O=C(O)CC(=O)CP(=O)(O)C=CC1CCCC12C=C(c1ccc(F)cc1)c1ccccc12. The predicted octanol–water partition coefficient (Wildman–Crippen LogP) is 5.14. The largest absolute Gasteiger partial charge is 0.481 e. The number of rotatable bonds is 7. The van der Waals surface area contributed by atoms with Crippen molar-refractivity contribution in [2.24, 2.45) is 5.92 Å². The molecule has 0 bridgehead atoms. The van der Waals surface area contributed by atoms with Crippen molar-refractivity contribution in [1.82, 2.24) is 0 Å². The van der Waals surface area contributed by atoms with Gasteiger partial charge in [0.25, 0.3) is 0 Å². The number of Topliss-reactive ketones (excluding diaryl/α,β-unsaturated/α-hetero) is 1. The minimum atomic E-state index is -3.93. The van der Waals surface area contributed by atoms with Crippen molar-refractivity contribution in [2.75, 3.05) is 6.16 Å². The summed E-state index contributed by atoms with van der Waals surface area (Å²) >= 11 is 0. The van der Waals surface area contributed by atoms with Crippen molar-refractivity contribution in [3.05, 3.63) is 89.0 Å². The highest BCUT2D eigenvalue weighted by Crippen LogP contribution is 2.56. The minimum absolute atomic E-state index is 0.0448. The summed E-state index contributed by atoms with van der Waals surface area (Å²) in [5.74, 6) is -1.21. The molecule has 0 aromatic heterocycles. The number of carboxylic acid groups (broad SMARTS) is 1. The highest BCUT2D eigenvalue weighted by Gasteiger charge is 2.46. The van der Waals surface area contributed by atoms with E-state index in [2.05, 4.69) is 12.1 Å². The molecule has 3 unspecified atom stereocenters. The highest BCUT2D eigenvalue weighted by molar-refractivity contribution is 7.62. The van der Waals surface area contributed by atoms with E-state index in [1.54, 1.807) is 18.2 Å². The summed E-state index contributed by atoms with van der Waals surface area (Å²) in [6.45, 7) is 0. The molecule has 2 aromatic carbocycles. The van der Waals surface area contributed by atoms with Crippen LogP contribution in [0.1, 0.15) is 42.4 Å². The molecule has 3 atom stereocenters. The van der Waals surface area contributed by atoms with E-state index in [1.807, 2.05) is 18.2 Å². The van der Waals surface area contributed by atoms with E-state index in [9.17, 15) is 23.4 Å². The predicted molar refractivity (Wildman–Crippen MR) is 120 cm³/mol. The molecule has 1 spiro atoms. The van der Waals surface area contributed by atoms with Gasteiger partial charge in [-0.15, -0.1) is 0 Å². The number of hydrogen-bond acceptors (Lipinski definition) is 3. The summed E-state index contributed by atoms with van der Waals surface area (Å²) in [6.07, 6.45) is 5.11. The Morgan fingerprint density at radius 1 is 1.16 bits per heavy atom. The molecule has 4 rings (SSSR count). The van der Waals surface area contributed by atoms with Gasteiger partial charge in [0.15, 0.2) is 5.78 Å². The molecule has 7 heteroatoms. The topological polar surface area (TPSA) is 91.7 Å². The summed E-state index contributed by atoms with van der Waals surface area (Å²) in [5.41, 5.74) is 3.80. The van der Waals surface area contributed by atoms with Crippen LogP contribution in [0.4, 0.5) is 4.39 Å². The van der Waals surface area contributed by atoms with Crippen LogP contribution >= 0.6 is 7.37 Å². The fourth-order valence-electron chi connectivity index (χ4n) is 5.01. The third-order valence-corrected chi connectivity index (χ3v) is 7.79. The molecule has 2 aliphatic carbocycles. The lowest BCUT2D eigenvalue weighted by molar-refractivity contribution is -0.139. The van der Waals surface area contributed by atoms with E-state index in [4.69, 9.17) is 5.11 Å². The van der Waals surface area contributed by atoms with E-state index < -0.39 is 31.7 Å². The number of carbonyl (C=O) groups is 2. The molecule has 32 heavy (non-hydrogen) atoms. The molecule has 0 saturated heterocycles. The summed E-state index contributed by atoms with van der Waals surface area (Å²) in [4.78, 5) is 32.6. The van der Waals surface area contributed by atoms with Crippen molar-refractivity contribution in [2.45, 2.75) is 31.1 Å². The second-order valence-electron chi connectivity index (χ2n) is 8.51. The Morgan fingerprint density at radius 2 is 1.88 bits per heavy atom. The van der Waals surface area contributed by atoms with E-state index in [0.717, 1.165) is 41.5 Å². The number of hydrogen-bond donors (Lipinski definition) is 2. The Hall–Kier alpha value is -2.82. The van der Waals surface area contributed by atoms with Crippen LogP contribution < -0.4 is 0 Å². The number of halogens is 1. The van der Waals surface area contributed by atoms with Crippen LogP contribution in [0.5, 0.6) is 0 Å². The second-order valence-corrected chi connectivity index (χ2v) is 10.6. The number of ketones is 1. The molecule has 0 radical (unpaired) electrons. The molecule has 0 heterocycles. The van der Waals surface area contributed by atoms with Crippen molar-refractivity contribution >= 4 is 24.7 Å². The average Bonchev–Trinajstić information content (AvgIpc) is 3.28. The summed E-state index contributed by atoms with van der Waals surface area (Å²) in [6, 6.07) is 14.4. The number of benzene rings is 2. The van der Waals surface area contributed by atoms with Gasteiger partial charge in [-0.3, -0.25) is 14.2 Å². The number of aliphatic carboxylic acids is 1. The Labute approximate surface area is 185 Å². The average molecular weight is 454 g/mol. The molecule has 1 fully saturated rings. The quantitative estimate of drug-likeness (QED) is 0.447. The van der Waals surface area contributed by atoms with Crippen molar-refractivity contribution < 1.29 is 28.5 Å². The van der Waals surface area contributed by atoms with Gasteiger partial charge in [-0.1, -0.05) is 55.0 Å². The van der Waals surface area contributed by atoms with E-state index in [0.29, 0.717) is 0 Å². The molecule has 2 N–H and O–H groups in total. The fourth-order valence-corrected chi connectivity index (χ4v) is 6.21. The van der Waals surface area contributed by atoms with Gasteiger partial charge in [-0.25, -0.2) is 4.39 Å². The van der Waals surface area contributed by atoms with Crippen molar-refractivity contribution in [3.63, 3.8) is 0 Å². The zero-order valence-electron chi connectivity index (χ0n) is 17.4. The minimum Gasteiger partial charge on any atom is -0.481 e. The van der Waals surface area contributed by atoms with E-state index in [1.165, 1.54) is 17.9 Å². The van der Waals surface area contributed by atoms with Crippen LogP contribution in [-0.2, 0) is 19.6 Å². The van der Waals surface area contributed by atoms with Crippen LogP contribution in [0.2, 0.25) is 0 Å². The number of carbonyl (C=O) groups excluding carboxylic acids is 1. The molecule has 5 nitrogen and oxygen atoms in total. The molecular formula is C25H24FO5P. The highest BCUT2D eigenvalue weighted by atomic mass is 31.2. The molecule has 0 aliphatic heterocycles. The van der Waals surface area contributed by atoms with Gasteiger partial charge in [0.05, 0.1) is 6.16 Å². The van der Waals surface area contributed by atoms with Gasteiger partial charge in [0.2, 0.25) is 7.37 Å². The van der Waals surface area contributed by atoms with Gasteiger partial charge >= 0.3 is 5.97 Å². The maximum Gasteiger partial charge on any atom is 0.310 e. The van der Waals surface area contributed by atoms with Crippen molar-refractivity contribution in [3.8, 4) is 0 Å². The third-order valence-electron chi connectivity index (χ3n) is 6.35. The van der Waals surface area contributed by atoms with Crippen LogP contribution in [0.3, 0.4) is 0 Å². The number of carboxylic acids is 1. The molecular weight excluding hydrogens is 430 g/mol. The monoisotopic (exact) mass is 454 g/mol. The Morgan fingerprint density at radius 3 is 2.59 bits per heavy atom. The first-order valence-electron chi connectivity index (χ1n) is 10.5. The van der Waals surface area contributed by atoms with Gasteiger partial charge in [-0.05, 0) is 59.0 Å². The zero-order chi connectivity index (χ0) is 22.9. The lowest BCUT2D eigenvalue weighted by atomic mass is 9.74. The molecule has 0 amide bonds. The van der Waals surface area contributed by atoms with Crippen LogP contribution in [-0.4, -0.2) is 27.9 Å². The maximum absolute atomic E-state index is 13.5. The van der Waals surface area contributed by atoms with Gasteiger partial charge in [0, 0.05) is 5.41 Å². The Bertz CT molecular complexity index is 1170. The summed E-state index contributed by atoms with van der Waals surface area (Å²) in [5, 5.41) is 8.71.